The van der Waals surface area contributed by atoms with Gasteiger partial charge in [-0.1, -0.05) is 0 Å². The van der Waals surface area contributed by atoms with Gasteiger partial charge < -0.3 is 15.4 Å². The van der Waals surface area contributed by atoms with Crippen molar-refractivity contribution in [2.24, 2.45) is 0 Å². The highest BCUT2D eigenvalue weighted by atomic mass is 32.2. The second-order valence-corrected chi connectivity index (χ2v) is 8.38. The fraction of sp³-hybridized carbons (Fsp3) is 0.615. The average Bonchev–Trinajstić information content (AvgIpc) is 3.00. The number of hydrogen-bond donors (Lipinski definition) is 2. The van der Waals surface area contributed by atoms with Gasteiger partial charge in [-0.25, -0.2) is 13.2 Å². The normalized spacial score (nSPS) is 20.7. The van der Waals surface area contributed by atoms with Crippen molar-refractivity contribution in [1.82, 2.24) is 9.69 Å². The lowest BCUT2D eigenvalue weighted by Crippen LogP contribution is -2.42. The highest BCUT2D eigenvalue weighted by Gasteiger charge is 2.31. The van der Waals surface area contributed by atoms with Crippen LogP contribution in [0.2, 0.25) is 0 Å². The van der Waals surface area contributed by atoms with Crippen molar-refractivity contribution in [3.05, 3.63) is 11.3 Å². The molecule has 0 aliphatic carbocycles. The van der Waals surface area contributed by atoms with Crippen LogP contribution in [-0.4, -0.2) is 55.4 Å². The van der Waals surface area contributed by atoms with E-state index in [-0.39, 0.29) is 11.5 Å². The summed E-state index contributed by atoms with van der Waals surface area (Å²) in [6.07, 6.45) is -0.638. The van der Waals surface area contributed by atoms with E-state index in [2.05, 4.69) is 15.0 Å². The number of carbonyl (C=O) groups excluding carboxylic acids is 2. The van der Waals surface area contributed by atoms with Crippen LogP contribution in [-0.2, 0) is 19.4 Å². The second kappa shape index (κ2) is 6.83. The van der Waals surface area contributed by atoms with Gasteiger partial charge in [0.1, 0.15) is 10.6 Å². The summed E-state index contributed by atoms with van der Waals surface area (Å²) >= 11 is 1.14. The van der Waals surface area contributed by atoms with E-state index in [4.69, 9.17) is 4.74 Å². The van der Waals surface area contributed by atoms with E-state index in [1.165, 1.54) is 6.92 Å². The summed E-state index contributed by atoms with van der Waals surface area (Å²) in [6.45, 7) is 3.13. The van der Waals surface area contributed by atoms with Crippen LogP contribution in [0, 0.1) is 6.92 Å². The number of sulfone groups is 1. The molecule has 0 unspecified atom stereocenters. The Bertz CT molecular complexity index is 713. The van der Waals surface area contributed by atoms with Crippen molar-refractivity contribution in [3.8, 4) is 0 Å². The minimum Gasteiger partial charge on any atom is -0.449 e. The number of amides is 1. The van der Waals surface area contributed by atoms with Gasteiger partial charge in [0.15, 0.2) is 15.9 Å². The van der Waals surface area contributed by atoms with Gasteiger partial charge in [0.2, 0.25) is 0 Å². The highest BCUT2D eigenvalue weighted by Crippen LogP contribution is 2.25. The van der Waals surface area contributed by atoms with E-state index in [1.807, 2.05) is 0 Å². The Hall–Kier alpha value is -1.68. The first-order valence-electron chi connectivity index (χ1n) is 7.09. The topological polar surface area (TPSA) is 114 Å². The predicted molar refractivity (Wildman–Crippen MR) is 86.5 cm³/mol. The minimum atomic E-state index is -3.08. The van der Waals surface area contributed by atoms with Crippen LogP contribution in [0.15, 0.2) is 0 Å². The van der Waals surface area contributed by atoms with Gasteiger partial charge in [0, 0.05) is 13.1 Å². The van der Waals surface area contributed by atoms with Gasteiger partial charge >= 0.3 is 5.97 Å². The summed E-state index contributed by atoms with van der Waals surface area (Å²) in [4.78, 5) is 24.2. The molecule has 0 saturated carbocycles. The molecule has 1 amide bonds. The number of aromatic nitrogens is 1. The molecule has 10 heteroatoms. The second-order valence-electron chi connectivity index (χ2n) is 5.38. The number of aryl methyl sites for hydroxylation is 1. The first-order valence-corrected chi connectivity index (χ1v) is 9.69. The third-order valence-corrected chi connectivity index (χ3v) is 6.25. The molecule has 0 radical (unpaired) electrons. The van der Waals surface area contributed by atoms with Crippen LogP contribution < -0.4 is 10.6 Å². The third-order valence-electron chi connectivity index (χ3n) is 3.53. The maximum absolute atomic E-state index is 12.2. The van der Waals surface area contributed by atoms with Gasteiger partial charge in [-0.15, -0.1) is 0 Å². The molecule has 1 aromatic rings. The first kappa shape index (κ1) is 17.7. The Labute approximate surface area is 138 Å². The van der Waals surface area contributed by atoms with Crippen molar-refractivity contribution in [2.75, 3.05) is 23.9 Å². The molecule has 1 fully saturated rings. The maximum atomic E-state index is 12.2. The third kappa shape index (κ3) is 4.20. The molecule has 2 N–H and O–H groups in total. The average molecular weight is 361 g/mol. The Morgan fingerprint density at radius 2 is 2.13 bits per heavy atom. The molecule has 0 aromatic carbocycles. The van der Waals surface area contributed by atoms with Gasteiger partial charge in [-0.05, 0) is 31.8 Å². The molecule has 2 heterocycles. The fourth-order valence-electron chi connectivity index (χ4n) is 2.28. The van der Waals surface area contributed by atoms with Crippen LogP contribution in [0.25, 0.3) is 0 Å². The zero-order valence-electron chi connectivity index (χ0n) is 13.1. The predicted octanol–water partition coefficient (Wildman–Crippen LogP) is 0.342. The molecule has 0 bridgehead atoms. The van der Waals surface area contributed by atoms with Crippen molar-refractivity contribution in [2.45, 2.75) is 32.4 Å². The number of nitrogens with zero attached hydrogens (tertiary/aromatic N) is 1. The van der Waals surface area contributed by atoms with E-state index < -0.39 is 33.9 Å². The quantitative estimate of drug-likeness (QED) is 0.727. The highest BCUT2D eigenvalue weighted by molar-refractivity contribution is 7.91. The van der Waals surface area contributed by atoms with Crippen LogP contribution in [0.1, 0.15) is 29.4 Å². The largest absolute Gasteiger partial charge is 0.449 e. The Morgan fingerprint density at radius 3 is 2.70 bits per heavy atom. The summed E-state index contributed by atoms with van der Waals surface area (Å²) in [7, 11) is -1.41. The number of nitrogens with one attached hydrogen (secondary N) is 2. The van der Waals surface area contributed by atoms with Gasteiger partial charge in [0.05, 0.1) is 17.2 Å². The Kier molecular flexibility index (Phi) is 5.25. The van der Waals surface area contributed by atoms with E-state index in [9.17, 15) is 18.0 Å². The summed E-state index contributed by atoms with van der Waals surface area (Å²) in [5.74, 6) is -1.15. The van der Waals surface area contributed by atoms with Crippen molar-refractivity contribution >= 4 is 38.2 Å². The monoisotopic (exact) mass is 361 g/mol. The first-order chi connectivity index (χ1) is 10.7. The van der Waals surface area contributed by atoms with Gasteiger partial charge in [-0.2, -0.15) is 4.37 Å². The van der Waals surface area contributed by atoms with Crippen molar-refractivity contribution < 1.29 is 22.7 Å². The lowest BCUT2D eigenvalue weighted by molar-refractivity contribution is -0.129. The number of esters is 1. The summed E-state index contributed by atoms with van der Waals surface area (Å²) < 4.78 is 32.0. The molecule has 2 atom stereocenters. The summed E-state index contributed by atoms with van der Waals surface area (Å²) in [5.41, 5.74) is 0.833. The van der Waals surface area contributed by atoms with Crippen LogP contribution in [0.5, 0.6) is 0 Å². The minimum absolute atomic E-state index is 0.0669. The molecule has 0 spiro atoms. The molecule has 1 saturated heterocycles. The van der Waals surface area contributed by atoms with Crippen LogP contribution in [0.3, 0.4) is 0 Å². The smallest absolute Gasteiger partial charge is 0.343 e. The Balaban J connectivity index is 1.95. The zero-order chi connectivity index (χ0) is 17.2. The maximum Gasteiger partial charge on any atom is 0.343 e. The van der Waals surface area contributed by atoms with Gasteiger partial charge in [-0.3, -0.25) is 4.79 Å². The molecule has 1 aromatic heterocycles. The summed E-state index contributed by atoms with van der Waals surface area (Å²) in [5, 5.41) is 6.03. The van der Waals surface area contributed by atoms with Crippen molar-refractivity contribution in [1.29, 1.82) is 0 Å². The molecule has 2 rings (SSSR count). The fourth-order valence-corrected chi connectivity index (χ4v) is 4.69. The molecule has 8 nitrogen and oxygen atoms in total. The molecule has 23 heavy (non-hydrogen) atoms. The molecule has 1 aliphatic rings. The van der Waals surface area contributed by atoms with E-state index >= 15 is 0 Å². The lowest BCUT2D eigenvalue weighted by atomic mass is 10.2. The number of rotatable bonds is 5. The summed E-state index contributed by atoms with van der Waals surface area (Å²) in [6, 6.07) is -0.425. The van der Waals surface area contributed by atoms with Crippen molar-refractivity contribution in [3.63, 3.8) is 0 Å². The number of anilines is 1. The number of carbonyl (C=O) groups is 2. The van der Waals surface area contributed by atoms with E-state index in [0.717, 1.165) is 11.5 Å². The number of ether oxygens (including phenoxy) is 1. The standard InChI is InChI=1S/C13H19N3O5S2/c1-7-10(12(14-3)22-16-7)13(18)21-8(2)11(17)15-9-4-5-23(19,20)6-9/h8-9,14H,4-6H2,1-3H3,(H,15,17)/t8-,9+/m1/s1. The van der Waals surface area contributed by atoms with Crippen LogP contribution >= 0.6 is 11.5 Å². The van der Waals surface area contributed by atoms with E-state index in [1.54, 1.807) is 14.0 Å². The Morgan fingerprint density at radius 1 is 1.43 bits per heavy atom. The van der Waals surface area contributed by atoms with E-state index in [0.29, 0.717) is 22.7 Å². The molecule has 128 valence electrons. The zero-order valence-corrected chi connectivity index (χ0v) is 14.7. The molecular weight excluding hydrogens is 342 g/mol. The molecular formula is C13H19N3O5S2. The number of hydrogen-bond acceptors (Lipinski definition) is 8. The van der Waals surface area contributed by atoms with Gasteiger partial charge in [0.25, 0.3) is 5.91 Å². The SMILES string of the molecule is CNc1snc(C)c1C(=O)O[C@H](C)C(=O)N[C@H]1CCS(=O)(=O)C1. The molecule has 1 aliphatic heterocycles. The lowest BCUT2D eigenvalue weighted by Gasteiger charge is -2.16. The van der Waals surface area contributed by atoms with Crippen LogP contribution in [0.4, 0.5) is 5.00 Å².